The van der Waals surface area contributed by atoms with Crippen LogP contribution in [0.2, 0.25) is 0 Å². The molecule has 0 saturated carbocycles. The molecule has 0 atom stereocenters. The van der Waals surface area contributed by atoms with Gasteiger partial charge in [-0.05, 0) is 117 Å². The van der Waals surface area contributed by atoms with Crippen molar-refractivity contribution in [2.75, 3.05) is 4.90 Å². The lowest BCUT2D eigenvalue weighted by Crippen LogP contribution is -2.17. The predicted molar refractivity (Wildman–Crippen MR) is 212 cm³/mol. The molecule has 1 heteroatoms. The van der Waals surface area contributed by atoms with E-state index in [1.807, 2.05) is 0 Å². The minimum atomic E-state index is -0.139. The normalized spacial score (nSPS) is 14.0. The summed E-state index contributed by atoms with van der Waals surface area (Å²) in [5.41, 5.74) is 19.5. The first-order valence-corrected chi connectivity index (χ1v) is 18.1. The Labute approximate surface area is 296 Å². The number of anilines is 3. The SMILES string of the molecule is CC1(C)c2cc(N(c3ccccc3)c3ccccc3-c3ccc(-c4cccc5c4CCCC5)cc3)ccc2-c2c(-c3ccccc3)cccc21. The summed E-state index contributed by atoms with van der Waals surface area (Å²) < 4.78 is 0. The Bertz CT molecular complexity index is 2330. The van der Waals surface area contributed by atoms with Crippen molar-refractivity contribution >= 4 is 17.1 Å². The molecule has 2 aliphatic carbocycles. The van der Waals surface area contributed by atoms with Crippen molar-refractivity contribution in [3.05, 3.63) is 186 Å². The maximum Gasteiger partial charge on any atom is 0.0540 e. The topological polar surface area (TPSA) is 3.24 Å². The van der Waals surface area contributed by atoms with E-state index in [9.17, 15) is 0 Å². The van der Waals surface area contributed by atoms with E-state index >= 15 is 0 Å². The molecule has 50 heavy (non-hydrogen) atoms. The van der Waals surface area contributed by atoms with Gasteiger partial charge in [-0.15, -0.1) is 0 Å². The summed E-state index contributed by atoms with van der Waals surface area (Å²) in [7, 11) is 0. The molecule has 0 saturated heterocycles. The van der Waals surface area contributed by atoms with Gasteiger partial charge in [0.25, 0.3) is 0 Å². The van der Waals surface area contributed by atoms with E-state index < -0.39 is 0 Å². The zero-order valence-corrected chi connectivity index (χ0v) is 28.9. The molecule has 7 aromatic carbocycles. The van der Waals surface area contributed by atoms with Crippen molar-refractivity contribution in [3.8, 4) is 44.5 Å². The van der Waals surface area contributed by atoms with Gasteiger partial charge in [0, 0.05) is 22.4 Å². The van der Waals surface area contributed by atoms with E-state index in [1.165, 1.54) is 92.6 Å². The average Bonchev–Trinajstić information content (AvgIpc) is 3.41. The highest BCUT2D eigenvalue weighted by Gasteiger charge is 2.37. The summed E-state index contributed by atoms with van der Waals surface area (Å²) in [5.74, 6) is 0. The zero-order valence-electron chi connectivity index (χ0n) is 28.9. The van der Waals surface area contributed by atoms with Crippen molar-refractivity contribution in [1.82, 2.24) is 0 Å². The number of nitrogens with zero attached hydrogens (tertiary/aromatic N) is 1. The van der Waals surface area contributed by atoms with Gasteiger partial charge in [-0.1, -0.05) is 147 Å². The molecular weight excluding hydrogens is 603 g/mol. The van der Waals surface area contributed by atoms with Crippen molar-refractivity contribution in [2.24, 2.45) is 0 Å². The first kappa shape index (κ1) is 30.4. The lowest BCUT2D eigenvalue weighted by Gasteiger charge is -2.29. The molecule has 7 aromatic rings. The number of fused-ring (bicyclic) bond motifs is 4. The number of benzene rings is 7. The van der Waals surface area contributed by atoms with E-state index in [4.69, 9.17) is 0 Å². The van der Waals surface area contributed by atoms with E-state index in [0.717, 1.165) is 11.4 Å². The molecule has 0 aromatic heterocycles. The smallest absolute Gasteiger partial charge is 0.0540 e. The summed E-state index contributed by atoms with van der Waals surface area (Å²) in [6.07, 6.45) is 4.96. The first-order chi connectivity index (χ1) is 24.6. The molecule has 2 aliphatic rings. The minimum absolute atomic E-state index is 0.139. The summed E-state index contributed by atoms with van der Waals surface area (Å²) in [6.45, 7) is 4.75. The molecule has 0 amide bonds. The molecule has 0 N–H and O–H groups in total. The summed E-state index contributed by atoms with van der Waals surface area (Å²) in [5, 5.41) is 0. The number of hydrogen-bond donors (Lipinski definition) is 0. The molecule has 0 spiro atoms. The highest BCUT2D eigenvalue weighted by atomic mass is 15.1. The molecule has 1 nitrogen and oxygen atoms in total. The van der Waals surface area contributed by atoms with Gasteiger partial charge in [0.2, 0.25) is 0 Å². The highest BCUT2D eigenvalue weighted by Crippen LogP contribution is 2.54. The Morgan fingerprint density at radius 3 is 1.86 bits per heavy atom. The van der Waals surface area contributed by atoms with Crippen LogP contribution in [0.3, 0.4) is 0 Å². The molecule has 0 unspecified atom stereocenters. The molecule has 0 fully saturated rings. The highest BCUT2D eigenvalue weighted by molar-refractivity contribution is 5.95. The maximum atomic E-state index is 2.44. The second-order valence-corrected chi connectivity index (χ2v) is 14.4. The Morgan fingerprint density at radius 2 is 1.06 bits per heavy atom. The molecular formula is C49H41N. The Hall–Kier alpha value is -5.66. The maximum absolute atomic E-state index is 2.44. The first-order valence-electron chi connectivity index (χ1n) is 18.1. The van der Waals surface area contributed by atoms with Gasteiger partial charge in [0.1, 0.15) is 0 Å². The number of rotatable bonds is 6. The fourth-order valence-corrected chi connectivity index (χ4v) is 8.57. The summed E-state index contributed by atoms with van der Waals surface area (Å²) in [6, 6.07) is 60.6. The molecule has 9 rings (SSSR count). The Morgan fingerprint density at radius 1 is 0.440 bits per heavy atom. The van der Waals surface area contributed by atoms with Crippen LogP contribution in [0.25, 0.3) is 44.5 Å². The largest absolute Gasteiger partial charge is 0.310 e. The van der Waals surface area contributed by atoms with E-state index in [0.29, 0.717) is 0 Å². The fourth-order valence-electron chi connectivity index (χ4n) is 8.57. The van der Waals surface area contributed by atoms with Crippen LogP contribution in [0.5, 0.6) is 0 Å². The number of aryl methyl sites for hydroxylation is 1. The third-order valence-electron chi connectivity index (χ3n) is 11.1. The summed E-state index contributed by atoms with van der Waals surface area (Å²) in [4.78, 5) is 2.44. The van der Waals surface area contributed by atoms with Gasteiger partial charge in [-0.25, -0.2) is 0 Å². The van der Waals surface area contributed by atoms with Crippen molar-refractivity contribution in [3.63, 3.8) is 0 Å². The van der Waals surface area contributed by atoms with Gasteiger partial charge in [0.15, 0.2) is 0 Å². The van der Waals surface area contributed by atoms with Crippen LogP contribution in [0.1, 0.15) is 48.9 Å². The number of para-hydroxylation sites is 2. The standard InChI is InChI=1S/C49H41N/c1-49(2)45-25-14-24-43(35-15-5-3-6-16-35)48(45)44-32-31-39(33-46(44)49)50(38-19-7-4-8-20-38)47-26-12-11-22-42(47)37-29-27-36(28-30-37)41-23-13-18-34-17-9-10-21-40(34)41/h3-8,11-16,18-20,22-33H,9-10,17,21H2,1-2H3. The minimum Gasteiger partial charge on any atom is -0.310 e. The van der Waals surface area contributed by atoms with E-state index in [1.54, 1.807) is 5.56 Å². The van der Waals surface area contributed by atoms with Gasteiger partial charge >= 0.3 is 0 Å². The predicted octanol–water partition coefficient (Wildman–Crippen LogP) is 13.3. The van der Waals surface area contributed by atoms with Crippen molar-refractivity contribution in [2.45, 2.75) is 44.9 Å². The lowest BCUT2D eigenvalue weighted by atomic mass is 9.81. The Kier molecular flexibility index (Phi) is 7.50. The molecule has 0 heterocycles. The van der Waals surface area contributed by atoms with Crippen LogP contribution >= 0.6 is 0 Å². The van der Waals surface area contributed by atoms with Crippen LogP contribution in [-0.2, 0) is 18.3 Å². The van der Waals surface area contributed by atoms with Crippen molar-refractivity contribution < 1.29 is 0 Å². The van der Waals surface area contributed by atoms with E-state index in [-0.39, 0.29) is 5.41 Å². The monoisotopic (exact) mass is 643 g/mol. The van der Waals surface area contributed by atoms with E-state index in [2.05, 4.69) is 183 Å². The second-order valence-electron chi connectivity index (χ2n) is 14.4. The van der Waals surface area contributed by atoms with Gasteiger partial charge in [0.05, 0.1) is 5.69 Å². The van der Waals surface area contributed by atoms with Crippen LogP contribution in [0, 0.1) is 0 Å². The molecule has 0 bridgehead atoms. The quantitative estimate of drug-likeness (QED) is 0.174. The molecule has 242 valence electrons. The van der Waals surface area contributed by atoms with Crippen LogP contribution in [0.4, 0.5) is 17.1 Å². The molecule has 0 radical (unpaired) electrons. The van der Waals surface area contributed by atoms with Crippen LogP contribution in [0.15, 0.2) is 164 Å². The summed E-state index contributed by atoms with van der Waals surface area (Å²) >= 11 is 0. The van der Waals surface area contributed by atoms with Gasteiger partial charge in [-0.2, -0.15) is 0 Å². The van der Waals surface area contributed by atoms with Gasteiger partial charge < -0.3 is 4.90 Å². The number of hydrogen-bond acceptors (Lipinski definition) is 1. The van der Waals surface area contributed by atoms with Crippen molar-refractivity contribution in [1.29, 1.82) is 0 Å². The van der Waals surface area contributed by atoms with Crippen LogP contribution in [-0.4, -0.2) is 0 Å². The third-order valence-corrected chi connectivity index (χ3v) is 11.1. The third kappa shape index (κ3) is 5.08. The Balaban J connectivity index is 1.16. The second kappa shape index (κ2) is 12.3. The molecule has 0 aliphatic heterocycles. The zero-order chi connectivity index (χ0) is 33.7. The average molecular weight is 644 g/mol. The fraction of sp³-hybridized carbons (Fsp3) is 0.143. The lowest BCUT2D eigenvalue weighted by molar-refractivity contribution is 0.660. The van der Waals surface area contributed by atoms with Gasteiger partial charge in [-0.3, -0.25) is 0 Å². The van der Waals surface area contributed by atoms with Crippen LogP contribution < -0.4 is 4.90 Å².